The minimum absolute atomic E-state index is 0.160. The van der Waals surface area contributed by atoms with Gasteiger partial charge in [0.1, 0.15) is 12.3 Å². The summed E-state index contributed by atoms with van der Waals surface area (Å²) in [5.74, 6) is 0. The van der Waals surface area contributed by atoms with Crippen LogP contribution < -0.4 is 11.1 Å². The Morgan fingerprint density at radius 2 is 2.26 bits per heavy atom. The van der Waals surface area contributed by atoms with Gasteiger partial charge in [-0.2, -0.15) is 0 Å². The molecule has 0 spiro atoms. The lowest BCUT2D eigenvalue weighted by Crippen LogP contribution is -2.13. The van der Waals surface area contributed by atoms with E-state index in [0.717, 1.165) is 16.9 Å². The zero-order valence-corrected chi connectivity index (χ0v) is 12.4. The van der Waals surface area contributed by atoms with Crippen LogP contribution in [0.1, 0.15) is 0 Å². The summed E-state index contributed by atoms with van der Waals surface area (Å²) in [6.45, 7) is 3.66. The minimum atomic E-state index is -0.533. The second-order valence-electron chi connectivity index (χ2n) is 4.93. The number of pyridine rings is 1. The second-order valence-corrected chi connectivity index (χ2v) is 4.93. The molecule has 3 N–H and O–H groups in total. The van der Waals surface area contributed by atoms with Crippen molar-refractivity contribution in [1.82, 2.24) is 9.38 Å². The third-order valence-electron chi connectivity index (χ3n) is 3.27. The number of hydrogen-bond donors (Lipinski definition) is 2. The molecule has 3 rings (SSSR count). The molecular weight excluding hydrogens is 292 g/mol. The van der Waals surface area contributed by atoms with Crippen LogP contribution in [-0.4, -0.2) is 22.1 Å². The van der Waals surface area contributed by atoms with E-state index >= 15 is 0 Å². The molecule has 23 heavy (non-hydrogen) atoms. The number of rotatable bonds is 4. The number of nitrogens with one attached hydrogen (secondary N) is 1. The molecule has 0 saturated heterocycles. The summed E-state index contributed by atoms with van der Waals surface area (Å²) < 4.78 is 6.80. The number of nitrogen functional groups attached to an aromatic ring is 1. The molecule has 2 aromatic heterocycles. The summed E-state index contributed by atoms with van der Waals surface area (Å²) in [5.41, 5.74) is 9.73. The molecule has 0 unspecified atom stereocenters. The maximum Gasteiger partial charge on any atom is 0.411 e. The summed E-state index contributed by atoms with van der Waals surface area (Å²) in [7, 11) is 0. The number of carbonyl (C=O) groups is 1. The van der Waals surface area contributed by atoms with Crippen LogP contribution in [0.2, 0.25) is 0 Å². The quantitative estimate of drug-likeness (QED) is 0.572. The van der Waals surface area contributed by atoms with E-state index in [2.05, 4.69) is 16.9 Å². The Kier molecular flexibility index (Phi) is 3.97. The van der Waals surface area contributed by atoms with Gasteiger partial charge in [-0.05, 0) is 24.3 Å². The summed E-state index contributed by atoms with van der Waals surface area (Å²) in [6.07, 6.45) is 4.53. The van der Waals surface area contributed by atoms with Gasteiger partial charge in [-0.25, -0.2) is 9.78 Å². The lowest BCUT2D eigenvalue weighted by molar-refractivity contribution is 0.174. The fraction of sp³-hybridized carbons (Fsp3) is 0.0588. The average Bonchev–Trinajstić information content (AvgIpc) is 2.96. The predicted octanol–water partition coefficient (Wildman–Crippen LogP) is 3.32. The molecule has 0 fully saturated rings. The van der Waals surface area contributed by atoms with Crippen LogP contribution in [-0.2, 0) is 4.74 Å². The van der Waals surface area contributed by atoms with E-state index < -0.39 is 6.09 Å². The molecule has 0 bridgehead atoms. The zero-order valence-electron chi connectivity index (χ0n) is 12.4. The monoisotopic (exact) mass is 308 g/mol. The summed E-state index contributed by atoms with van der Waals surface area (Å²) >= 11 is 0. The van der Waals surface area contributed by atoms with E-state index in [1.165, 1.54) is 6.08 Å². The smallest absolute Gasteiger partial charge is 0.411 e. The summed E-state index contributed by atoms with van der Waals surface area (Å²) in [5, 5.41) is 2.67. The summed E-state index contributed by atoms with van der Waals surface area (Å²) in [4.78, 5) is 16.0. The van der Waals surface area contributed by atoms with Gasteiger partial charge in [0.15, 0.2) is 0 Å². The lowest BCUT2D eigenvalue weighted by Gasteiger charge is -2.07. The SMILES string of the molecule is C=CCOC(=O)Nc1ccc2ncc(-c3cccc(N)c3)n2c1. The van der Waals surface area contributed by atoms with Gasteiger partial charge in [0.05, 0.1) is 17.6 Å². The number of nitrogens with zero attached hydrogens (tertiary/aromatic N) is 2. The van der Waals surface area contributed by atoms with Gasteiger partial charge in [-0.3, -0.25) is 9.72 Å². The molecule has 1 amide bonds. The third kappa shape index (κ3) is 3.16. The fourth-order valence-corrected chi connectivity index (χ4v) is 2.25. The zero-order chi connectivity index (χ0) is 16.2. The molecule has 1 aromatic carbocycles. The second kappa shape index (κ2) is 6.23. The number of aromatic nitrogens is 2. The van der Waals surface area contributed by atoms with E-state index in [1.54, 1.807) is 18.5 Å². The minimum Gasteiger partial charge on any atom is -0.445 e. The largest absolute Gasteiger partial charge is 0.445 e. The molecule has 0 saturated carbocycles. The molecule has 2 heterocycles. The molecule has 3 aromatic rings. The van der Waals surface area contributed by atoms with Crippen molar-refractivity contribution in [2.45, 2.75) is 0 Å². The molecule has 0 aliphatic carbocycles. The van der Waals surface area contributed by atoms with Gasteiger partial charge < -0.3 is 10.5 Å². The number of hydrogen-bond acceptors (Lipinski definition) is 4. The number of ether oxygens (including phenoxy) is 1. The predicted molar refractivity (Wildman–Crippen MR) is 90.2 cm³/mol. The molecule has 6 heteroatoms. The van der Waals surface area contributed by atoms with Crippen molar-refractivity contribution in [1.29, 1.82) is 0 Å². The number of amides is 1. The lowest BCUT2D eigenvalue weighted by atomic mass is 10.1. The van der Waals surface area contributed by atoms with E-state index in [0.29, 0.717) is 11.4 Å². The van der Waals surface area contributed by atoms with Crippen LogP contribution in [0, 0.1) is 0 Å². The van der Waals surface area contributed by atoms with Crippen molar-refractivity contribution in [3.05, 3.63) is 61.4 Å². The van der Waals surface area contributed by atoms with Gasteiger partial charge in [-0.1, -0.05) is 24.8 Å². The highest BCUT2D eigenvalue weighted by molar-refractivity contribution is 5.85. The third-order valence-corrected chi connectivity index (χ3v) is 3.27. The Labute approximate surface area is 133 Å². The molecule has 0 atom stereocenters. The standard InChI is InChI=1S/C17H16N4O2/c1-2-8-23-17(22)20-14-6-7-16-19-10-15(21(16)11-14)12-4-3-5-13(18)9-12/h2-7,9-11H,1,8,18H2,(H,20,22). The first-order valence-electron chi connectivity index (χ1n) is 7.05. The van der Waals surface area contributed by atoms with E-state index in [-0.39, 0.29) is 6.61 Å². The van der Waals surface area contributed by atoms with Crippen LogP contribution >= 0.6 is 0 Å². The van der Waals surface area contributed by atoms with Gasteiger partial charge in [0.2, 0.25) is 0 Å². The highest BCUT2D eigenvalue weighted by Gasteiger charge is 2.08. The van der Waals surface area contributed by atoms with Gasteiger partial charge in [0.25, 0.3) is 0 Å². The van der Waals surface area contributed by atoms with E-state index in [9.17, 15) is 4.79 Å². The van der Waals surface area contributed by atoms with Crippen molar-refractivity contribution in [3.63, 3.8) is 0 Å². The van der Waals surface area contributed by atoms with Crippen LogP contribution in [0.4, 0.5) is 16.2 Å². The molecular formula is C17H16N4O2. The van der Waals surface area contributed by atoms with Crippen molar-refractivity contribution in [2.24, 2.45) is 0 Å². The Hall–Kier alpha value is -3.28. The Balaban J connectivity index is 1.94. The number of nitrogens with two attached hydrogens (primary N) is 1. The Morgan fingerprint density at radius 1 is 1.39 bits per heavy atom. The normalized spacial score (nSPS) is 10.4. The molecule has 6 nitrogen and oxygen atoms in total. The van der Waals surface area contributed by atoms with Gasteiger partial charge >= 0.3 is 6.09 Å². The molecule has 0 aliphatic heterocycles. The van der Waals surface area contributed by atoms with E-state index in [4.69, 9.17) is 10.5 Å². The topological polar surface area (TPSA) is 81.6 Å². The molecule has 116 valence electrons. The highest BCUT2D eigenvalue weighted by Crippen LogP contribution is 2.24. The first kappa shape index (κ1) is 14.6. The number of imidazole rings is 1. The number of benzene rings is 1. The first-order valence-corrected chi connectivity index (χ1v) is 7.05. The maximum absolute atomic E-state index is 11.6. The van der Waals surface area contributed by atoms with Crippen LogP contribution in [0.15, 0.2) is 61.4 Å². The number of anilines is 2. The average molecular weight is 308 g/mol. The van der Waals surface area contributed by atoms with Crippen molar-refractivity contribution >= 4 is 23.1 Å². The van der Waals surface area contributed by atoms with Crippen LogP contribution in [0.5, 0.6) is 0 Å². The van der Waals surface area contributed by atoms with Crippen LogP contribution in [0.25, 0.3) is 16.9 Å². The molecule has 0 aliphatic rings. The first-order chi connectivity index (χ1) is 11.2. The van der Waals surface area contributed by atoms with Crippen molar-refractivity contribution in [2.75, 3.05) is 17.7 Å². The number of fused-ring (bicyclic) bond motifs is 1. The maximum atomic E-state index is 11.6. The Morgan fingerprint density at radius 3 is 3.04 bits per heavy atom. The van der Waals surface area contributed by atoms with Crippen molar-refractivity contribution in [3.8, 4) is 11.3 Å². The fourth-order valence-electron chi connectivity index (χ4n) is 2.25. The highest BCUT2D eigenvalue weighted by atomic mass is 16.5. The van der Waals surface area contributed by atoms with Gasteiger partial charge in [0, 0.05) is 17.4 Å². The number of carbonyl (C=O) groups excluding carboxylic acids is 1. The van der Waals surface area contributed by atoms with E-state index in [1.807, 2.05) is 34.7 Å². The molecule has 0 radical (unpaired) electrons. The summed E-state index contributed by atoms with van der Waals surface area (Å²) in [6, 6.07) is 11.1. The van der Waals surface area contributed by atoms with Crippen molar-refractivity contribution < 1.29 is 9.53 Å². The van der Waals surface area contributed by atoms with Crippen LogP contribution in [0.3, 0.4) is 0 Å². The Bertz CT molecular complexity index is 870. The van der Waals surface area contributed by atoms with Gasteiger partial charge in [-0.15, -0.1) is 0 Å².